The van der Waals surface area contributed by atoms with Crippen molar-refractivity contribution in [2.45, 2.75) is 19.5 Å². The number of nitrogens with one attached hydrogen (secondary N) is 1. The molecule has 0 saturated carbocycles. The van der Waals surface area contributed by atoms with Gasteiger partial charge in [0.2, 0.25) is 0 Å². The lowest BCUT2D eigenvalue weighted by Crippen LogP contribution is -2.28. The third kappa shape index (κ3) is 3.71. The van der Waals surface area contributed by atoms with Crippen molar-refractivity contribution in [2.24, 2.45) is 0 Å². The summed E-state index contributed by atoms with van der Waals surface area (Å²) in [6.07, 6.45) is 2.00. The lowest BCUT2D eigenvalue weighted by atomic mass is 10.2. The van der Waals surface area contributed by atoms with Gasteiger partial charge >= 0.3 is 0 Å². The summed E-state index contributed by atoms with van der Waals surface area (Å²) in [4.78, 5) is 0. The number of hydrogen-bond acceptors (Lipinski definition) is 2. The first-order valence-corrected chi connectivity index (χ1v) is 7.09. The second-order valence-corrected chi connectivity index (χ2v) is 5.32. The van der Waals surface area contributed by atoms with Crippen molar-refractivity contribution in [3.8, 4) is 0 Å². The molecule has 1 aromatic carbocycles. The molecule has 0 aromatic heterocycles. The summed E-state index contributed by atoms with van der Waals surface area (Å²) in [5.74, 6) is -0.120. The quantitative estimate of drug-likeness (QED) is 0.835. The number of hydrogen-bond donors (Lipinski definition) is 1. The molecule has 0 fully saturated rings. The van der Waals surface area contributed by atoms with Gasteiger partial charge in [-0.2, -0.15) is 11.8 Å². The first-order valence-electron chi connectivity index (χ1n) is 4.91. The van der Waals surface area contributed by atoms with Crippen LogP contribution in [0.25, 0.3) is 0 Å². The Bertz CT molecular complexity index is 360. The molecule has 0 amide bonds. The van der Waals surface area contributed by atoms with Crippen molar-refractivity contribution < 1.29 is 8.78 Å². The minimum absolute atomic E-state index is 0.0855. The van der Waals surface area contributed by atoms with Crippen LogP contribution in [-0.4, -0.2) is 18.1 Å². The maximum Gasteiger partial charge on any atom is 0.144 e. The van der Waals surface area contributed by atoms with E-state index >= 15 is 0 Å². The Hall–Kier alpha value is -0.130. The Morgan fingerprint density at radius 1 is 1.44 bits per heavy atom. The molecule has 1 unspecified atom stereocenters. The lowest BCUT2D eigenvalue weighted by molar-refractivity contribution is 0.514. The maximum absolute atomic E-state index is 13.6. The molecule has 16 heavy (non-hydrogen) atoms. The summed E-state index contributed by atoms with van der Waals surface area (Å²) in [6.45, 7) is 2.20. The van der Waals surface area contributed by atoms with Crippen LogP contribution in [0.2, 0.25) is 0 Å². The molecular weight excluding hydrogens is 296 g/mol. The van der Waals surface area contributed by atoms with Crippen molar-refractivity contribution in [2.75, 3.05) is 12.0 Å². The third-order valence-electron chi connectivity index (χ3n) is 2.18. The zero-order valence-electron chi connectivity index (χ0n) is 9.19. The molecule has 0 spiro atoms. The second kappa shape index (κ2) is 6.57. The predicted octanol–water partition coefficient (Wildman–Crippen LogP) is 3.57. The molecule has 1 atom stereocenters. The van der Waals surface area contributed by atoms with E-state index in [4.69, 9.17) is 0 Å². The van der Waals surface area contributed by atoms with Crippen LogP contribution in [0.3, 0.4) is 0 Å². The van der Waals surface area contributed by atoms with Gasteiger partial charge in [0.15, 0.2) is 0 Å². The topological polar surface area (TPSA) is 12.0 Å². The van der Waals surface area contributed by atoms with Crippen LogP contribution in [0.5, 0.6) is 0 Å². The fourth-order valence-electron chi connectivity index (χ4n) is 1.32. The number of halogens is 3. The van der Waals surface area contributed by atoms with E-state index in [0.717, 1.165) is 5.75 Å². The van der Waals surface area contributed by atoms with E-state index in [-0.39, 0.29) is 18.2 Å². The van der Waals surface area contributed by atoms with Gasteiger partial charge in [-0.05, 0) is 41.2 Å². The molecule has 1 nitrogen and oxygen atoms in total. The Labute approximate surface area is 107 Å². The van der Waals surface area contributed by atoms with Gasteiger partial charge in [0.05, 0.1) is 4.47 Å². The lowest BCUT2D eigenvalue weighted by Gasteiger charge is -2.13. The molecule has 0 saturated heterocycles. The highest BCUT2D eigenvalue weighted by Gasteiger charge is 2.12. The molecule has 0 heterocycles. The van der Waals surface area contributed by atoms with Gasteiger partial charge in [0.1, 0.15) is 11.6 Å². The molecule has 1 N–H and O–H groups in total. The first kappa shape index (κ1) is 13.9. The van der Waals surface area contributed by atoms with Crippen molar-refractivity contribution in [1.29, 1.82) is 0 Å². The fourth-order valence-corrected chi connectivity index (χ4v) is 2.31. The third-order valence-corrected chi connectivity index (χ3v) is 3.63. The Morgan fingerprint density at radius 2 is 2.12 bits per heavy atom. The van der Waals surface area contributed by atoms with E-state index in [1.165, 1.54) is 12.1 Å². The van der Waals surface area contributed by atoms with Gasteiger partial charge in [-0.3, -0.25) is 0 Å². The number of benzene rings is 1. The van der Waals surface area contributed by atoms with Crippen LogP contribution >= 0.6 is 27.7 Å². The van der Waals surface area contributed by atoms with E-state index in [1.54, 1.807) is 11.8 Å². The van der Waals surface area contributed by atoms with Gasteiger partial charge in [0.25, 0.3) is 0 Å². The minimum Gasteiger partial charge on any atom is -0.309 e. The average Bonchev–Trinajstić information content (AvgIpc) is 2.24. The Balaban J connectivity index is 2.70. The molecule has 1 rings (SSSR count). The van der Waals surface area contributed by atoms with Gasteiger partial charge < -0.3 is 5.32 Å². The largest absolute Gasteiger partial charge is 0.309 e. The monoisotopic (exact) mass is 309 g/mol. The summed E-state index contributed by atoms with van der Waals surface area (Å²) < 4.78 is 27.2. The summed E-state index contributed by atoms with van der Waals surface area (Å²) in [5, 5.41) is 3.09. The normalized spacial score (nSPS) is 12.8. The molecule has 0 bridgehead atoms. The van der Waals surface area contributed by atoms with Gasteiger partial charge in [-0.25, -0.2) is 8.78 Å². The fraction of sp³-hybridized carbons (Fsp3) is 0.455. The number of rotatable bonds is 5. The highest BCUT2D eigenvalue weighted by atomic mass is 79.9. The summed E-state index contributed by atoms with van der Waals surface area (Å²) >= 11 is 4.74. The zero-order chi connectivity index (χ0) is 12.1. The molecule has 0 aliphatic heterocycles. The standard InChI is InChI=1S/C11H14BrF2NS/c1-7(6-16-2)15-5-8-10(13)4-3-9(12)11(8)14/h3-4,7,15H,5-6H2,1-2H3. The van der Waals surface area contributed by atoms with E-state index in [9.17, 15) is 8.78 Å². The van der Waals surface area contributed by atoms with Gasteiger partial charge in [-0.1, -0.05) is 0 Å². The zero-order valence-corrected chi connectivity index (χ0v) is 11.6. The van der Waals surface area contributed by atoms with Crippen LogP contribution in [0, 0.1) is 11.6 Å². The molecule has 0 aliphatic carbocycles. The SMILES string of the molecule is CSCC(C)NCc1c(F)ccc(Br)c1F. The highest BCUT2D eigenvalue weighted by molar-refractivity contribution is 9.10. The highest BCUT2D eigenvalue weighted by Crippen LogP contribution is 2.21. The molecule has 0 radical (unpaired) electrons. The van der Waals surface area contributed by atoms with Crippen LogP contribution in [0.1, 0.15) is 12.5 Å². The molecule has 1 aromatic rings. The van der Waals surface area contributed by atoms with Crippen LogP contribution in [0.4, 0.5) is 8.78 Å². The predicted molar refractivity (Wildman–Crippen MR) is 68.7 cm³/mol. The molecule has 0 aliphatic rings. The van der Waals surface area contributed by atoms with Gasteiger partial charge in [0, 0.05) is 23.9 Å². The van der Waals surface area contributed by atoms with Crippen LogP contribution in [0.15, 0.2) is 16.6 Å². The molecular formula is C11H14BrF2NS. The van der Waals surface area contributed by atoms with Crippen LogP contribution < -0.4 is 5.32 Å². The molecule has 5 heteroatoms. The van der Waals surface area contributed by atoms with E-state index in [1.807, 2.05) is 13.2 Å². The van der Waals surface area contributed by atoms with E-state index in [2.05, 4.69) is 21.2 Å². The summed E-state index contributed by atoms with van der Waals surface area (Å²) in [6, 6.07) is 2.87. The van der Waals surface area contributed by atoms with E-state index < -0.39 is 11.6 Å². The van der Waals surface area contributed by atoms with Crippen molar-refractivity contribution in [3.63, 3.8) is 0 Å². The summed E-state index contributed by atoms with van der Waals surface area (Å²) in [7, 11) is 0. The van der Waals surface area contributed by atoms with Crippen molar-refractivity contribution >= 4 is 27.7 Å². The molecule has 90 valence electrons. The number of thioether (sulfide) groups is 1. The van der Waals surface area contributed by atoms with Gasteiger partial charge in [-0.15, -0.1) is 0 Å². The Kier molecular flexibility index (Phi) is 5.72. The van der Waals surface area contributed by atoms with Crippen molar-refractivity contribution in [1.82, 2.24) is 5.32 Å². The first-order chi connectivity index (χ1) is 7.56. The average molecular weight is 310 g/mol. The van der Waals surface area contributed by atoms with E-state index in [0.29, 0.717) is 4.47 Å². The smallest absolute Gasteiger partial charge is 0.144 e. The van der Waals surface area contributed by atoms with Crippen LogP contribution in [-0.2, 0) is 6.54 Å². The Morgan fingerprint density at radius 3 is 2.75 bits per heavy atom. The van der Waals surface area contributed by atoms with Crippen molar-refractivity contribution in [3.05, 3.63) is 33.8 Å². The summed E-state index contributed by atoms with van der Waals surface area (Å²) in [5.41, 5.74) is 0.0855. The maximum atomic E-state index is 13.6. The second-order valence-electron chi connectivity index (χ2n) is 3.56. The minimum atomic E-state index is -0.524.